The maximum absolute atomic E-state index is 12.3. The number of amides is 1. The molecule has 2 rings (SSSR count). The third-order valence-electron chi connectivity index (χ3n) is 3.13. The van der Waals surface area contributed by atoms with Gasteiger partial charge in [0.25, 0.3) is 5.91 Å². The molecule has 0 radical (unpaired) electrons. The minimum Gasteiger partial charge on any atom is -0.478 e. The van der Waals surface area contributed by atoms with Crippen LogP contribution < -0.4 is 5.32 Å². The van der Waals surface area contributed by atoms with E-state index in [2.05, 4.69) is 10.3 Å². The summed E-state index contributed by atoms with van der Waals surface area (Å²) in [5, 5.41) is 14.8. The Labute approximate surface area is 126 Å². The van der Waals surface area contributed by atoms with E-state index in [-0.39, 0.29) is 17.0 Å². The molecule has 1 heterocycles. The molecule has 0 aliphatic rings. The van der Waals surface area contributed by atoms with Crippen LogP contribution in [0.4, 0.5) is 0 Å². The summed E-state index contributed by atoms with van der Waals surface area (Å²) in [4.78, 5) is 28.0. The molecule has 0 saturated heterocycles. The van der Waals surface area contributed by atoms with E-state index in [1.807, 2.05) is 12.3 Å². The number of nitrogens with zero attached hydrogens (tertiary/aromatic N) is 1. The highest BCUT2D eigenvalue weighted by Crippen LogP contribution is 2.19. The first-order valence-corrected chi connectivity index (χ1v) is 7.31. The molecule has 0 saturated carbocycles. The van der Waals surface area contributed by atoms with E-state index < -0.39 is 5.97 Å². The molecule has 21 heavy (non-hydrogen) atoms. The molecule has 0 aliphatic carbocycles. The van der Waals surface area contributed by atoms with E-state index in [0.717, 1.165) is 10.7 Å². The summed E-state index contributed by atoms with van der Waals surface area (Å²) in [5.74, 6) is -1.48. The Balaban J connectivity index is 2.26. The number of aromatic carboxylic acids is 1. The summed E-state index contributed by atoms with van der Waals surface area (Å²) >= 11 is 1.46. The van der Waals surface area contributed by atoms with Crippen LogP contribution in [0, 0.1) is 20.8 Å². The summed E-state index contributed by atoms with van der Waals surface area (Å²) < 4.78 is 0. The molecule has 2 N–H and O–H groups in total. The summed E-state index contributed by atoms with van der Waals surface area (Å²) in [6, 6.07) is 3.46. The third-order valence-corrected chi connectivity index (χ3v) is 4.10. The zero-order valence-corrected chi connectivity index (χ0v) is 12.9. The number of thiazole rings is 1. The van der Waals surface area contributed by atoms with Gasteiger partial charge in [-0.25, -0.2) is 9.78 Å². The van der Waals surface area contributed by atoms with Crippen LogP contribution in [0.3, 0.4) is 0 Å². The Hall–Kier alpha value is -2.21. The number of aryl methyl sites for hydroxylation is 3. The first kappa shape index (κ1) is 15.2. The van der Waals surface area contributed by atoms with Crippen LogP contribution in [0.25, 0.3) is 0 Å². The minimum absolute atomic E-state index is 0.0582. The second-order valence-corrected chi connectivity index (χ2v) is 5.76. The molecule has 0 fully saturated rings. The SMILES string of the molecule is Cc1csc(CNC(=O)c2c(C)ccc(C)c2C(=O)O)n1. The third kappa shape index (κ3) is 3.28. The van der Waals surface area contributed by atoms with Crippen LogP contribution in [0.5, 0.6) is 0 Å². The highest BCUT2D eigenvalue weighted by molar-refractivity contribution is 7.09. The number of hydrogen-bond donors (Lipinski definition) is 2. The molecule has 0 unspecified atom stereocenters. The lowest BCUT2D eigenvalue weighted by molar-refractivity contribution is 0.0690. The van der Waals surface area contributed by atoms with Crippen LogP contribution in [-0.2, 0) is 6.54 Å². The van der Waals surface area contributed by atoms with E-state index in [1.54, 1.807) is 26.0 Å². The zero-order chi connectivity index (χ0) is 15.6. The molecule has 110 valence electrons. The maximum atomic E-state index is 12.3. The van der Waals surface area contributed by atoms with Crippen molar-refractivity contribution in [3.63, 3.8) is 0 Å². The van der Waals surface area contributed by atoms with Crippen molar-refractivity contribution in [2.45, 2.75) is 27.3 Å². The molecular weight excluding hydrogens is 288 g/mol. The van der Waals surface area contributed by atoms with Gasteiger partial charge in [0.1, 0.15) is 5.01 Å². The van der Waals surface area contributed by atoms with Gasteiger partial charge in [-0.3, -0.25) is 4.79 Å². The van der Waals surface area contributed by atoms with Crippen molar-refractivity contribution in [2.24, 2.45) is 0 Å². The molecule has 1 amide bonds. The fourth-order valence-corrected chi connectivity index (χ4v) is 2.82. The second-order valence-electron chi connectivity index (χ2n) is 4.82. The highest BCUT2D eigenvalue weighted by Gasteiger charge is 2.21. The number of rotatable bonds is 4. The van der Waals surface area contributed by atoms with Crippen LogP contribution >= 0.6 is 11.3 Å². The molecular formula is C15H16N2O3S. The van der Waals surface area contributed by atoms with E-state index in [4.69, 9.17) is 0 Å². The Morgan fingerprint density at radius 3 is 2.33 bits per heavy atom. The van der Waals surface area contributed by atoms with Gasteiger partial charge in [0.15, 0.2) is 0 Å². The van der Waals surface area contributed by atoms with E-state index in [0.29, 0.717) is 17.7 Å². The number of benzene rings is 1. The molecule has 0 spiro atoms. The summed E-state index contributed by atoms with van der Waals surface area (Å²) in [6.45, 7) is 5.59. The molecule has 2 aromatic rings. The lowest BCUT2D eigenvalue weighted by Gasteiger charge is -2.12. The Bertz CT molecular complexity index is 707. The molecule has 5 nitrogen and oxygen atoms in total. The first-order chi connectivity index (χ1) is 9.90. The quantitative estimate of drug-likeness (QED) is 0.910. The monoisotopic (exact) mass is 304 g/mol. The number of nitrogens with one attached hydrogen (secondary N) is 1. The summed E-state index contributed by atoms with van der Waals surface area (Å²) in [7, 11) is 0. The van der Waals surface area contributed by atoms with Gasteiger partial charge in [-0.15, -0.1) is 11.3 Å². The summed E-state index contributed by atoms with van der Waals surface area (Å²) in [5.41, 5.74) is 2.40. The molecule has 0 bridgehead atoms. The number of hydrogen-bond acceptors (Lipinski definition) is 4. The molecule has 1 aromatic carbocycles. The van der Waals surface area contributed by atoms with Gasteiger partial charge in [0.2, 0.25) is 0 Å². The van der Waals surface area contributed by atoms with Crippen LogP contribution in [0.1, 0.15) is 42.5 Å². The van der Waals surface area contributed by atoms with Crippen molar-refractivity contribution >= 4 is 23.2 Å². The number of carboxylic acids is 1. The molecule has 6 heteroatoms. The lowest BCUT2D eigenvalue weighted by atomic mass is 9.96. The van der Waals surface area contributed by atoms with Crippen LogP contribution in [0.2, 0.25) is 0 Å². The van der Waals surface area contributed by atoms with Gasteiger partial charge < -0.3 is 10.4 Å². The smallest absolute Gasteiger partial charge is 0.336 e. The molecule has 0 aliphatic heterocycles. The maximum Gasteiger partial charge on any atom is 0.336 e. The van der Waals surface area contributed by atoms with Crippen molar-refractivity contribution in [1.82, 2.24) is 10.3 Å². The number of carbonyl (C=O) groups excluding carboxylic acids is 1. The lowest BCUT2D eigenvalue weighted by Crippen LogP contribution is -2.26. The van der Waals surface area contributed by atoms with Gasteiger partial charge in [-0.2, -0.15) is 0 Å². The number of carbonyl (C=O) groups is 2. The number of aromatic nitrogens is 1. The largest absolute Gasteiger partial charge is 0.478 e. The standard InChI is InChI=1S/C15H16N2O3S/c1-8-4-5-9(2)13(15(19)20)12(8)14(18)16-6-11-17-10(3)7-21-11/h4-5,7H,6H2,1-3H3,(H,16,18)(H,19,20). The predicted molar refractivity (Wildman–Crippen MR) is 80.9 cm³/mol. The van der Waals surface area contributed by atoms with E-state index >= 15 is 0 Å². The van der Waals surface area contributed by atoms with Gasteiger partial charge in [-0.05, 0) is 31.9 Å². The van der Waals surface area contributed by atoms with E-state index in [9.17, 15) is 14.7 Å². The average molecular weight is 304 g/mol. The predicted octanol–water partition coefficient (Wildman–Crippen LogP) is 2.70. The van der Waals surface area contributed by atoms with Crippen molar-refractivity contribution in [3.8, 4) is 0 Å². The normalized spacial score (nSPS) is 10.4. The van der Waals surface area contributed by atoms with Gasteiger partial charge in [0, 0.05) is 11.1 Å². The van der Waals surface area contributed by atoms with Gasteiger partial charge in [-0.1, -0.05) is 12.1 Å². The minimum atomic E-state index is -1.09. The average Bonchev–Trinajstić information content (AvgIpc) is 2.83. The van der Waals surface area contributed by atoms with Crippen molar-refractivity contribution in [2.75, 3.05) is 0 Å². The second kappa shape index (κ2) is 6.05. The molecule has 1 aromatic heterocycles. The van der Waals surface area contributed by atoms with Crippen LogP contribution in [0.15, 0.2) is 17.5 Å². The Morgan fingerprint density at radius 2 is 1.81 bits per heavy atom. The van der Waals surface area contributed by atoms with Gasteiger partial charge in [0.05, 0.1) is 17.7 Å². The Kier molecular flexibility index (Phi) is 4.37. The highest BCUT2D eigenvalue weighted by atomic mass is 32.1. The summed E-state index contributed by atoms with van der Waals surface area (Å²) in [6.07, 6.45) is 0. The topological polar surface area (TPSA) is 79.3 Å². The fraction of sp³-hybridized carbons (Fsp3) is 0.267. The first-order valence-electron chi connectivity index (χ1n) is 6.43. The Morgan fingerprint density at radius 1 is 1.19 bits per heavy atom. The zero-order valence-electron chi connectivity index (χ0n) is 12.1. The molecule has 0 atom stereocenters. The van der Waals surface area contributed by atoms with Crippen molar-refractivity contribution in [1.29, 1.82) is 0 Å². The fourth-order valence-electron chi connectivity index (χ4n) is 2.11. The van der Waals surface area contributed by atoms with E-state index in [1.165, 1.54) is 11.3 Å². The van der Waals surface area contributed by atoms with Crippen molar-refractivity contribution in [3.05, 3.63) is 50.5 Å². The van der Waals surface area contributed by atoms with Gasteiger partial charge >= 0.3 is 5.97 Å². The number of carboxylic acid groups (broad SMARTS) is 1. The van der Waals surface area contributed by atoms with Crippen LogP contribution in [-0.4, -0.2) is 22.0 Å². The van der Waals surface area contributed by atoms with Crippen molar-refractivity contribution < 1.29 is 14.7 Å².